The van der Waals surface area contributed by atoms with E-state index in [9.17, 15) is 30.0 Å². The van der Waals surface area contributed by atoms with Crippen molar-refractivity contribution < 1.29 is 30.0 Å². The molecule has 0 atom stereocenters. The van der Waals surface area contributed by atoms with E-state index in [1.807, 2.05) is 0 Å². The van der Waals surface area contributed by atoms with Crippen LogP contribution in [0.2, 0.25) is 0 Å². The number of nitrogens with zero attached hydrogens (tertiary/aromatic N) is 1. The van der Waals surface area contributed by atoms with Gasteiger partial charge in [-0.05, 0) is 73.0 Å². The molecule has 0 unspecified atom stereocenters. The van der Waals surface area contributed by atoms with Crippen molar-refractivity contribution in [2.24, 2.45) is 0 Å². The number of hydrogen-bond donors (Lipinski definition) is 1. The van der Waals surface area contributed by atoms with Crippen molar-refractivity contribution in [1.29, 1.82) is 0 Å². The van der Waals surface area contributed by atoms with E-state index in [-0.39, 0.29) is 22.0 Å². The van der Waals surface area contributed by atoms with E-state index >= 15 is 0 Å². The van der Waals surface area contributed by atoms with Crippen molar-refractivity contribution in [3.63, 3.8) is 0 Å². The lowest BCUT2D eigenvalue weighted by Gasteiger charge is -2.31. The highest BCUT2D eigenvalue weighted by atomic mass is 32.2. The summed E-state index contributed by atoms with van der Waals surface area (Å²) >= 11 is 0. The van der Waals surface area contributed by atoms with Gasteiger partial charge in [0.15, 0.2) is 0 Å². The van der Waals surface area contributed by atoms with Crippen molar-refractivity contribution in [1.82, 2.24) is 0 Å². The van der Waals surface area contributed by atoms with Gasteiger partial charge in [0.1, 0.15) is 5.82 Å². The quantitative estimate of drug-likeness (QED) is 0.690. The third kappa shape index (κ3) is 4.40. The van der Waals surface area contributed by atoms with E-state index in [1.54, 1.807) is 0 Å². The van der Waals surface area contributed by atoms with E-state index in [4.69, 9.17) is 0 Å². The minimum Gasteiger partial charge on any atom is -0.280 e. The molecule has 2 aromatic rings. The fourth-order valence-electron chi connectivity index (χ4n) is 3.60. The zero-order valence-electron chi connectivity index (χ0n) is 16.6. The molecular weight excluding hydrogens is 465 g/mol. The molecule has 32 heavy (non-hydrogen) atoms. The van der Waals surface area contributed by atoms with Gasteiger partial charge in [-0.1, -0.05) is 6.08 Å². The first-order chi connectivity index (χ1) is 15.0. The largest absolute Gasteiger partial charge is 0.280 e. The van der Waals surface area contributed by atoms with Gasteiger partial charge in [0.25, 0.3) is 26.0 Å². The monoisotopic (exact) mass is 484 g/mol. The molecule has 0 spiro atoms. The average Bonchev–Trinajstić information content (AvgIpc) is 2.73. The van der Waals surface area contributed by atoms with Gasteiger partial charge in [-0.15, -0.1) is 0 Å². The molecule has 0 bridgehead atoms. The lowest BCUT2D eigenvalue weighted by molar-refractivity contribution is 0.0574. The van der Waals surface area contributed by atoms with Crippen LogP contribution in [0.1, 0.15) is 18.4 Å². The van der Waals surface area contributed by atoms with Crippen LogP contribution in [0.5, 0.6) is 0 Å². The molecule has 1 aliphatic carbocycles. The molecule has 0 fully saturated rings. The van der Waals surface area contributed by atoms with Crippen LogP contribution in [0.25, 0.3) is 0 Å². The highest BCUT2D eigenvalue weighted by Crippen LogP contribution is 2.35. The number of hydrogen-bond acceptors (Lipinski definition) is 4. The van der Waals surface area contributed by atoms with Crippen LogP contribution in [0, 0.1) is 5.82 Å². The smallest absolute Gasteiger partial charge is 0.270 e. The van der Waals surface area contributed by atoms with Crippen molar-refractivity contribution in [3.8, 4) is 0 Å². The average molecular weight is 485 g/mol. The fraction of sp³-hybridized carbons (Fsp3) is 0.238. The zero-order chi connectivity index (χ0) is 23.1. The summed E-state index contributed by atoms with van der Waals surface area (Å²) in [6.45, 7) is 0.226. The Morgan fingerprint density at radius 2 is 1.72 bits per heavy atom. The molecule has 1 heterocycles. The van der Waals surface area contributed by atoms with Crippen LogP contribution in [0.15, 0.2) is 70.5 Å². The van der Waals surface area contributed by atoms with Crippen LogP contribution in [0.3, 0.4) is 0 Å². The molecule has 2 aromatic carbocycles. The summed E-state index contributed by atoms with van der Waals surface area (Å²) in [5.41, 5.74) is 1.21. The summed E-state index contributed by atoms with van der Waals surface area (Å²) < 4.78 is 94.5. The summed E-state index contributed by atoms with van der Waals surface area (Å²) in [5, 5.41) is 0. The van der Waals surface area contributed by atoms with Crippen molar-refractivity contribution >= 4 is 31.4 Å². The predicted molar refractivity (Wildman–Crippen MR) is 115 cm³/mol. The lowest BCUT2D eigenvalue weighted by Crippen LogP contribution is -2.35. The molecule has 1 aliphatic heterocycles. The number of allylic oxidation sites excluding steroid dienone is 3. The predicted octanol–water partition coefficient (Wildman–Crippen LogP) is 4.19. The van der Waals surface area contributed by atoms with Gasteiger partial charge in [-0.2, -0.15) is 0 Å². The second kappa shape index (κ2) is 7.96. The topological polar surface area (TPSA) is 83.6 Å². The third-order valence-electron chi connectivity index (χ3n) is 5.19. The summed E-state index contributed by atoms with van der Waals surface area (Å²) in [6.07, 6.45) is 2.69. The maximum atomic E-state index is 13.2. The summed E-state index contributed by atoms with van der Waals surface area (Å²) in [4.78, 5) is -0.314. The Morgan fingerprint density at radius 1 is 1.00 bits per heavy atom. The Morgan fingerprint density at radius 3 is 2.38 bits per heavy atom. The van der Waals surface area contributed by atoms with E-state index in [0.717, 1.165) is 24.3 Å². The van der Waals surface area contributed by atoms with Gasteiger partial charge >= 0.3 is 0 Å². The van der Waals surface area contributed by atoms with Crippen molar-refractivity contribution in [2.45, 2.75) is 30.1 Å². The van der Waals surface area contributed by atoms with Gasteiger partial charge < -0.3 is 0 Å². The number of benzene rings is 2. The molecule has 0 amide bonds. The zero-order valence-corrected chi connectivity index (χ0v) is 18.3. The number of halogens is 3. The Balaban J connectivity index is 1.61. The number of anilines is 2. The fourth-order valence-corrected chi connectivity index (χ4v) is 6.25. The third-order valence-corrected chi connectivity index (χ3v) is 8.44. The molecule has 0 saturated heterocycles. The molecule has 1 N–H and O–H groups in total. The SMILES string of the molecule is O=S(=O)(Nc1ccc2c(c1)CCCN2S(=O)(=O)c1ccc(F)cc1)C1=CCC(F)(F)C=C1. The summed E-state index contributed by atoms with van der Waals surface area (Å²) in [5.74, 6) is -3.63. The first-order valence-corrected chi connectivity index (χ1v) is 12.6. The molecule has 0 saturated carbocycles. The molecule has 0 aromatic heterocycles. The van der Waals surface area contributed by atoms with Gasteiger partial charge in [0.2, 0.25) is 0 Å². The minimum absolute atomic E-state index is 0.0515. The van der Waals surface area contributed by atoms with Crippen LogP contribution in [-0.2, 0) is 26.5 Å². The summed E-state index contributed by atoms with van der Waals surface area (Å²) in [6, 6.07) is 8.96. The Kier molecular flexibility index (Phi) is 5.58. The van der Waals surface area contributed by atoms with Gasteiger partial charge in [-0.3, -0.25) is 9.03 Å². The molecule has 6 nitrogen and oxygen atoms in total. The van der Waals surface area contributed by atoms with E-state index in [1.165, 1.54) is 34.6 Å². The highest BCUT2D eigenvalue weighted by Gasteiger charge is 2.31. The lowest BCUT2D eigenvalue weighted by atomic mass is 10.0. The van der Waals surface area contributed by atoms with Gasteiger partial charge in [0, 0.05) is 18.7 Å². The van der Waals surface area contributed by atoms with Gasteiger partial charge in [-0.25, -0.2) is 30.0 Å². The van der Waals surface area contributed by atoms with E-state index in [0.29, 0.717) is 30.2 Å². The normalized spacial score (nSPS) is 18.1. The second-order valence-electron chi connectivity index (χ2n) is 7.49. The summed E-state index contributed by atoms with van der Waals surface area (Å²) in [7, 11) is -8.01. The van der Waals surface area contributed by atoms with Crippen molar-refractivity contribution in [2.75, 3.05) is 15.6 Å². The highest BCUT2D eigenvalue weighted by molar-refractivity contribution is 7.96. The number of fused-ring (bicyclic) bond motifs is 1. The Labute approximate surface area is 184 Å². The Hall–Kier alpha value is -2.79. The molecular formula is C21H19F3N2O4S2. The molecule has 0 radical (unpaired) electrons. The van der Waals surface area contributed by atoms with Crippen LogP contribution in [-0.4, -0.2) is 29.3 Å². The Bertz CT molecular complexity index is 1320. The van der Waals surface area contributed by atoms with Gasteiger partial charge in [0.05, 0.1) is 15.5 Å². The number of rotatable bonds is 5. The molecule has 11 heteroatoms. The number of nitrogens with one attached hydrogen (secondary N) is 1. The standard InChI is InChI=1S/C21H19F3N2O4S2/c22-16-3-6-19(7-4-16)32(29,30)26-13-1-2-15-14-17(5-8-20(15)26)25-31(27,28)18-9-11-21(23,24)12-10-18/h3-11,14,25H,1-2,12-13H2. The second-order valence-corrected chi connectivity index (χ2v) is 11.0. The van der Waals surface area contributed by atoms with Crippen molar-refractivity contribution in [3.05, 3.63) is 77.0 Å². The maximum absolute atomic E-state index is 13.2. The first-order valence-electron chi connectivity index (χ1n) is 9.69. The van der Waals surface area contributed by atoms with E-state index < -0.39 is 38.2 Å². The molecule has 170 valence electrons. The van der Waals surface area contributed by atoms with Crippen LogP contribution in [0.4, 0.5) is 24.5 Å². The maximum Gasteiger partial charge on any atom is 0.270 e. The minimum atomic E-state index is -4.08. The van der Waals surface area contributed by atoms with E-state index in [2.05, 4.69) is 4.72 Å². The number of alkyl halides is 2. The number of sulfonamides is 2. The first kappa shape index (κ1) is 22.4. The van der Waals surface area contributed by atoms with Crippen LogP contribution >= 0.6 is 0 Å². The molecule has 4 rings (SSSR count). The van der Waals surface area contributed by atoms with Crippen LogP contribution < -0.4 is 9.03 Å². The molecule has 2 aliphatic rings. The number of aryl methyl sites for hydroxylation is 1.